The number of anilines is 1. The minimum atomic E-state index is -0.160. The minimum Gasteiger partial charge on any atom is -0.339 e. The molecule has 3 heterocycles. The van der Waals surface area contributed by atoms with E-state index in [9.17, 15) is 4.79 Å². The van der Waals surface area contributed by atoms with E-state index in [-0.39, 0.29) is 6.03 Å². The van der Waals surface area contributed by atoms with E-state index in [0.717, 1.165) is 63.5 Å². The van der Waals surface area contributed by atoms with Gasteiger partial charge in [0.1, 0.15) is 5.65 Å². The van der Waals surface area contributed by atoms with Crippen molar-refractivity contribution >= 4 is 22.8 Å². The van der Waals surface area contributed by atoms with Gasteiger partial charge in [-0.1, -0.05) is 30.3 Å². The van der Waals surface area contributed by atoms with E-state index in [4.69, 9.17) is 5.10 Å². The lowest BCUT2D eigenvalue weighted by Crippen LogP contribution is -2.27. The number of carbonyl (C=O) groups excluding carboxylic acids is 1. The number of nitrogens with zero attached hydrogens (tertiary/aromatic N) is 5. The van der Waals surface area contributed by atoms with Crippen LogP contribution in [0, 0.1) is 0 Å². The maximum atomic E-state index is 12.0. The lowest BCUT2D eigenvalue weighted by Gasteiger charge is -2.13. The van der Waals surface area contributed by atoms with E-state index >= 15 is 0 Å². The molecular formula is C30H33N7O. The molecule has 0 aliphatic rings. The van der Waals surface area contributed by atoms with E-state index < -0.39 is 0 Å². The molecule has 0 bridgehead atoms. The van der Waals surface area contributed by atoms with Crippen LogP contribution in [0.15, 0.2) is 73.1 Å². The quantitative estimate of drug-likeness (QED) is 0.286. The zero-order valence-electron chi connectivity index (χ0n) is 22.5. The van der Waals surface area contributed by atoms with Gasteiger partial charge in [0.05, 0.1) is 11.9 Å². The molecule has 3 aromatic heterocycles. The third kappa shape index (κ3) is 5.03. The average molecular weight is 508 g/mol. The van der Waals surface area contributed by atoms with Crippen LogP contribution in [0.25, 0.3) is 44.7 Å². The molecule has 0 saturated carbocycles. The fraction of sp³-hybridized carbons (Fsp3) is 0.233. The van der Waals surface area contributed by atoms with Gasteiger partial charge in [-0.15, -0.1) is 0 Å². The van der Waals surface area contributed by atoms with Crippen molar-refractivity contribution in [3.63, 3.8) is 0 Å². The number of H-pyrrole nitrogens is 1. The molecule has 5 aromatic rings. The van der Waals surface area contributed by atoms with E-state index in [1.54, 1.807) is 14.1 Å². The summed E-state index contributed by atoms with van der Waals surface area (Å²) in [5, 5.41) is 8.64. The Balaban J connectivity index is 1.55. The Hall–Kier alpha value is -4.43. The molecule has 0 aliphatic carbocycles. The number of hydrogen-bond donors (Lipinski definition) is 2. The number of pyridine rings is 1. The summed E-state index contributed by atoms with van der Waals surface area (Å²) in [5.41, 5.74) is 9.18. The van der Waals surface area contributed by atoms with Gasteiger partial charge >= 0.3 is 6.03 Å². The van der Waals surface area contributed by atoms with E-state index in [1.807, 2.05) is 41.3 Å². The number of amides is 2. The van der Waals surface area contributed by atoms with Crippen LogP contribution < -0.4 is 5.32 Å². The fourth-order valence-corrected chi connectivity index (χ4v) is 4.69. The van der Waals surface area contributed by atoms with Crippen molar-refractivity contribution in [3.8, 4) is 33.6 Å². The topological polar surface area (TPSA) is 82.1 Å². The highest BCUT2D eigenvalue weighted by Crippen LogP contribution is 2.37. The second kappa shape index (κ2) is 10.5. The summed E-state index contributed by atoms with van der Waals surface area (Å²) in [4.78, 5) is 23.9. The lowest BCUT2D eigenvalue weighted by molar-refractivity contribution is 0.230. The maximum absolute atomic E-state index is 12.0. The number of fused-ring (bicyclic) bond motifs is 1. The minimum absolute atomic E-state index is 0.160. The maximum Gasteiger partial charge on any atom is 0.321 e. The molecule has 194 valence electrons. The van der Waals surface area contributed by atoms with Crippen LogP contribution >= 0.6 is 0 Å². The Morgan fingerprint density at radius 3 is 2.47 bits per heavy atom. The van der Waals surface area contributed by atoms with Gasteiger partial charge in [-0.3, -0.25) is 4.68 Å². The number of nitrogens with one attached hydrogen (secondary N) is 2. The van der Waals surface area contributed by atoms with Gasteiger partial charge < -0.3 is 20.1 Å². The summed E-state index contributed by atoms with van der Waals surface area (Å²) in [5.74, 6) is 0. The van der Waals surface area contributed by atoms with Crippen molar-refractivity contribution in [3.05, 3.63) is 78.6 Å². The van der Waals surface area contributed by atoms with Gasteiger partial charge in [0.25, 0.3) is 0 Å². The molecule has 2 aromatic carbocycles. The summed E-state index contributed by atoms with van der Waals surface area (Å²) < 4.78 is 2.01. The number of benzene rings is 2. The third-order valence-electron chi connectivity index (χ3n) is 6.51. The molecule has 0 unspecified atom stereocenters. The number of aromatic nitrogens is 4. The van der Waals surface area contributed by atoms with Crippen LogP contribution in [-0.2, 0) is 13.1 Å². The molecule has 0 saturated heterocycles. The molecule has 0 fully saturated rings. The Bertz CT molecular complexity index is 1580. The van der Waals surface area contributed by atoms with Crippen LogP contribution in [0.4, 0.5) is 10.5 Å². The molecule has 0 aliphatic heterocycles. The van der Waals surface area contributed by atoms with Crippen molar-refractivity contribution in [2.45, 2.75) is 20.0 Å². The van der Waals surface area contributed by atoms with Gasteiger partial charge in [0, 0.05) is 61.3 Å². The lowest BCUT2D eigenvalue weighted by atomic mass is 9.99. The zero-order valence-corrected chi connectivity index (χ0v) is 22.5. The molecule has 0 radical (unpaired) electrons. The van der Waals surface area contributed by atoms with E-state index in [0.29, 0.717) is 0 Å². The molecule has 8 heteroatoms. The second-order valence-corrected chi connectivity index (χ2v) is 9.87. The molecule has 2 N–H and O–H groups in total. The van der Waals surface area contributed by atoms with Crippen LogP contribution in [0.2, 0.25) is 0 Å². The standard InChI is InChI=1S/C30H33N7O/c1-6-37-28(21-10-12-23(13-11-21)33-30(38)36(4)5)26(18-32-37)24-14-15-31-29-25(24)17-27(34-29)22-9-7-8-20(16-22)19-35(2)3/h7-18H,6,19H2,1-5H3,(H,31,34)(H,33,38). The molecule has 8 nitrogen and oxygen atoms in total. The first kappa shape index (κ1) is 25.2. The van der Waals surface area contributed by atoms with Crippen molar-refractivity contribution in [1.29, 1.82) is 0 Å². The summed E-state index contributed by atoms with van der Waals surface area (Å²) in [6.45, 7) is 3.71. The molecule has 2 amide bonds. The number of urea groups is 1. The monoisotopic (exact) mass is 507 g/mol. The number of aromatic amines is 1. The summed E-state index contributed by atoms with van der Waals surface area (Å²) >= 11 is 0. The first-order valence-electron chi connectivity index (χ1n) is 12.7. The smallest absolute Gasteiger partial charge is 0.321 e. The number of carbonyl (C=O) groups is 1. The summed E-state index contributed by atoms with van der Waals surface area (Å²) in [6.07, 6.45) is 3.77. The molecule has 38 heavy (non-hydrogen) atoms. The molecule has 0 spiro atoms. The second-order valence-electron chi connectivity index (χ2n) is 9.87. The first-order chi connectivity index (χ1) is 18.3. The van der Waals surface area contributed by atoms with Gasteiger partial charge in [0.15, 0.2) is 0 Å². The summed E-state index contributed by atoms with van der Waals surface area (Å²) in [6, 6.07) is 20.6. The van der Waals surface area contributed by atoms with Crippen molar-refractivity contribution in [2.75, 3.05) is 33.5 Å². The van der Waals surface area contributed by atoms with E-state index in [1.165, 1.54) is 10.5 Å². The van der Waals surface area contributed by atoms with E-state index in [2.05, 4.69) is 77.6 Å². The van der Waals surface area contributed by atoms with Gasteiger partial charge in [0.2, 0.25) is 0 Å². The summed E-state index contributed by atoms with van der Waals surface area (Å²) in [7, 11) is 7.59. The number of hydrogen-bond acceptors (Lipinski definition) is 4. The Labute approximate surface area is 222 Å². The first-order valence-corrected chi connectivity index (χ1v) is 12.7. The molecule has 5 rings (SSSR count). The van der Waals surface area contributed by atoms with Crippen LogP contribution in [-0.4, -0.2) is 63.8 Å². The third-order valence-corrected chi connectivity index (χ3v) is 6.51. The van der Waals surface area contributed by atoms with Gasteiger partial charge in [-0.25, -0.2) is 9.78 Å². The SMILES string of the molecule is CCn1ncc(-c2ccnc3[nH]c(-c4cccc(CN(C)C)c4)cc23)c1-c1ccc(NC(=O)N(C)C)cc1. The van der Waals surface area contributed by atoms with Crippen LogP contribution in [0.1, 0.15) is 12.5 Å². The highest BCUT2D eigenvalue weighted by Gasteiger charge is 2.18. The van der Waals surface area contributed by atoms with Gasteiger partial charge in [-0.2, -0.15) is 5.10 Å². The Morgan fingerprint density at radius 1 is 0.974 bits per heavy atom. The van der Waals surface area contributed by atoms with Crippen LogP contribution in [0.3, 0.4) is 0 Å². The predicted molar refractivity (Wildman–Crippen MR) is 154 cm³/mol. The van der Waals surface area contributed by atoms with Crippen molar-refractivity contribution in [2.24, 2.45) is 0 Å². The largest absolute Gasteiger partial charge is 0.339 e. The van der Waals surface area contributed by atoms with Crippen molar-refractivity contribution < 1.29 is 4.79 Å². The molecule has 0 atom stereocenters. The van der Waals surface area contributed by atoms with Crippen molar-refractivity contribution in [1.82, 2.24) is 29.5 Å². The molecular weight excluding hydrogens is 474 g/mol. The zero-order chi connectivity index (χ0) is 26.8. The predicted octanol–water partition coefficient (Wildman–Crippen LogP) is 5.94. The Morgan fingerprint density at radius 2 is 1.76 bits per heavy atom. The van der Waals surface area contributed by atoms with Crippen LogP contribution in [0.5, 0.6) is 0 Å². The number of aryl methyl sites for hydroxylation is 1. The fourth-order valence-electron chi connectivity index (χ4n) is 4.69. The Kier molecular flexibility index (Phi) is 6.98. The highest BCUT2D eigenvalue weighted by molar-refractivity contribution is 5.99. The normalized spacial score (nSPS) is 11.3. The highest BCUT2D eigenvalue weighted by atomic mass is 16.2. The average Bonchev–Trinajstić information content (AvgIpc) is 3.53. The van der Waals surface area contributed by atoms with Gasteiger partial charge in [-0.05, 0) is 68.0 Å². The number of rotatable bonds is 7.